The summed E-state index contributed by atoms with van der Waals surface area (Å²) in [4.78, 5) is 13.6. The summed E-state index contributed by atoms with van der Waals surface area (Å²) in [6, 6.07) is 4.28. The Balaban J connectivity index is 1.52. The molecule has 1 amide bonds. The molecule has 2 unspecified atom stereocenters. The van der Waals surface area contributed by atoms with Crippen LogP contribution in [-0.2, 0) is 9.53 Å². The van der Waals surface area contributed by atoms with Gasteiger partial charge in [0.15, 0.2) is 11.6 Å². The molecule has 1 aliphatic carbocycles. The number of likely N-dealkylation sites (tertiary alicyclic amines) is 1. The van der Waals surface area contributed by atoms with E-state index in [9.17, 15) is 13.6 Å². The van der Waals surface area contributed by atoms with E-state index in [4.69, 9.17) is 10.5 Å². The van der Waals surface area contributed by atoms with Crippen LogP contribution in [0.1, 0.15) is 56.9 Å². The summed E-state index contributed by atoms with van der Waals surface area (Å²) in [6.45, 7) is 2.76. The number of benzene rings is 1. The number of nitrogens with two attached hydrogens (primary N) is 1. The number of carbonyl (C=O) groups excluding carboxylic acids is 1. The maximum absolute atomic E-state index is 14.0. The highest BCUT2D eigenvalue weighted by Gasteiger charge is 2.32. The van der Waals surface area contributed by atoms with E-state index in [0.29, 0.717) is 12.2 Å². The molecule has 2 atom stereocenters. The molecular weight excluding hydrogens is 338 g/mol. The van der Waals surface area contributed by atoms with Crippen molar-refractivity contribution >= 4 is 5.91 Å². The van der Waals surface area contributed by atoms with Crippen LogP contribution in [0.4, 0.5) is 8.78 Å². The Morgan fingerprint density at radius 2 is 1.96 bits per heavy atom. The van der Waals surface area contributed by atoms with Crippen LogP contribution in [0.3, 0.4) is 0 Å². The summed E-state index contributed by atoms with van der Waals surface area (Å²) in [5.74, 6) is -1.42. The number of carbonyl (C=O) groups is 1. The Morgan fingerprint density at radius 1 is 1.23 bits per heavy atom. The monoisotopic (exact) mass is 366 g/mol. The molecule has 0 bridgehead atoms. The largest absolute Gasteiger partial charge is 0.376 e. The number of ether oxygens (including phenoxy) is 1. The highest BCUT2D eigenvalue weighted by Crippen LogP contribution is 2.36. The van der Waals surface area contributed by atoms with Crippen LogP contribution in [0.5, 0.6) is 0 Å². The van der Waals surface area contributed by atoms with Crippen molar-refractivity contribution in [3.63, 3.8) is 0 Å². The summed E-state index contributed by atoms with van der Waals surface area (Å²) in [6.07, 6.45) is 5.10. The molecule has 1 aliphatic heterocycles. The Labute approximate surface area is 153 Å². The van der Waals surface area contributed by atoms with Crippen LogP contribution in [0.15, 0.2) is 18.2 Å². The van der Waals surface area contributed by atoms with E-state index in [-0.39, 0.29) is 30.0 Å². The molecule has 26 heavy (non-hydrogen) atoms. The van der Waals surface area contributed by atoms with Gasteiger partial charge in [-0.2, -0.15) is 0 Å². The smallest absolute Gasteiger partial charge is 0.219 e. The molecule has 1 aromatic rings. The van der Waals surface area contributed by atoms with Crippen LogP contribution in [0, 0.1) is 11.6 Å². The first-order chi connectivity index (χ1) is 12.5. The third kappa shape index (κ3) is 4.23. The van der Waals surface area contributed by atoms with Crippen LogP contribution in [-0.4, -0.2) is 42.1 Å². The molecule has 2 aliphatic rings. The molecule has 144 valence electrons. The first-order valence-corrected chi connectivity index (χ1v) is 9.55. The maximum Gasteiger partial charge on any atom is 0.219 e. The molecule has 1 heterocycles. The number of amides is 1. The Bertz CT molecular complexity index is 632. The molecule has 2 fully saturated rings. The van der Waals surface area contributed by atoms with E-state index in [1.807, 2.05) is 4.90 Å². The lowest BCUT2D eigenvalue weighted by atomic mass is 9.82. The van der Waals surface area contributed by atoms with Crippen molar-refractivity contribution in [1.82, 2.24) is 4.90 Å². The van der Waals surface area contributed by atoms with E-state index in [1.165, 1.54) is 0 Å². The average molecular weight is 366 g/mol. The molecule has 0 spiro atoms. The molecule has 1 saturated carbocycles. The first-order valence-electron chi connectivity index (χ1n) is 9.55. The standard InChI is InChI=1S/C20H28F2N2O2/c1-13(25)24-11-3-6-18(23)19(24)12-26-15-9-7-14(8-10-15)16-4-2-5-17(21)20(16)22/h2,4-5,14-15,18-19H,3,6-12,23H2,1H3. The molecule has 0 radical (unpaired) electrons. The normalized spacial score (nSPS) is 29.6. The zero-order chi connectivity index (χ0) is 18.7. The summed E-state index contributed by atoms with van der Waals surface area (Å²) < 4.78 is 33.5. The average Bonchev–Trinajstić information content (AvgIpc) is 2.63. The highest BCUT2D eigenvalue weighted by atomic mass is 19.2. The minimum atomic E-state index is -0.781. The Morgan fingerprint density at radius 3 is 2.65 bits per heavy atom. The minimum absolute atomic E-state index is 0.0382. The third-order valence-electron chi connectivity index (χ3n) is 5.83. The summed E-state index contributed by atoms with van der Waals surface area (Å²) in [7, 11) is 0. The molecule has 6 heteroatoms. The fourth-order valence-corrected chi connectivity index (χ4v) is 4.30. The van der Waals surface area contributed by atoms with E-state index in [1.54, 1.807) is 19.1 Å². The minimum Gasteiger partial charge on any atom is -0.376 e. The third-order valence-corrected chi connectivity index (χ3v) is 5.83. The van der Waals surface area contributed by atoms with Gasteiger partial charge in [-0.25, -0.2) is 8.78 Å². The van der Waals surface area contributed by atoms with E-state index in [0.717, 1.165) is 51.1 Å². The van der Waals surface area contributed by atoms with Crippen molar-refractivity contribution in [2.75, 3.05) is 13.2 Å². The zero-order valence-electron chi connectivity index (χ0n) is 15.3. The molecule has 0 aromatic heterocycles. The lowest BCUT2D eigenvalue weighted by molar-refractivity contribution is -0.135. The second-order valence-corrected chi connectivity index (χ2v) is 7.54. The lowest BCUT2D eigenvalue weighted by Crippen LogP contribution is -2.56. The summed E-state index contributed by atoms with van der Waals surface area (Å²) >= 11 is 0. The summed E-state index contributed by atoms with van der Waals surface area (Å²) in [5, 5.41) is 0. The van der Waals surface area contributed by atoms with Gasteiger partial charge in [-0.1, -0.05) is 12.1 Å². The van der Waals surface area contributed by atoms with Gasteiger partial charge in [0.05, 0.1) is 18.8 Å². The first kappa shape index (κ1) is 19.2. The van der Waals surface area contributed by atoms with Crippen molar-refractivity contribution in [3.05, 3.63) is 35.4 Å². The molecule has 1 aromatic carbocycles. The Kier molecular flexibility index (Phi) is 6.24. The van der Waals surface area contributed by atoms with Gasteiger partial charge in [-0.15, -0.1) is 0 Å². The van der Waals surface area contributed by atoms with Crippen molar-refractivity contribution < 1.29 is 18.3 Å². The van der Waals surface area contributed by atoms with Crippen molar-refractivity contribution in [3.8, 4) is 0 Å². The van der Waals surface area contributed by atoms with Gasteiger partial charge < -0.3 is 15.4 Å². The van der Waals surface area contributed by atoms with Crippen LogP contribution >= 0.6 is 0 Å². The van der Waals surface area contributed by atoms with Crippen molar-refractivity contribution in [2.24, 2.45) is 5.73 Å². The fourth-order valence-electron chi connectivity index (χ4n) is 4.30. The van der Waals surface area contributed by atoms with Crippen molar-refractivity contribution in [2.45, 2.75) is 69.6 Å². The van der Waals surface area contributed by atoms with Gasteiger partial charge in [0.1, 0.15) is 0 Å². The Hall–Kier alpha value is -1.53. The van der Waals surface area contributed by atoms with Crippen LogP contribution in [0.25, 0.3) is 0 Å². The number of halogens is 2. The quantitative estimate of drug-likeness (QED) is 0.889. The van der Waals surface area contributed by atoms with Gasteiger partial charge in [0.25, 0.3) is 0 Å². The van der Waals surface area contributed by atoms with Gasteiger partial charge >= 0.3 is 0 Å². The molecular formula is C20H28F2N2O2. The van der Waals surface area contributed by atoms with Gasteiger partial charge in [0.2, 0.25) is 5.91 Å². The molecule has 1 saturated heterocycles. The second-order valence-electron chi connectivity index (χ2n) is 7.54. The van der Waals surface area contributed by atoms with E-state index in [2.05, 4.69) is 0 Å². The number of hydrogen-bond acceptors (Lipinski definition) is 3. The second kappa shape index (κ2) is 8.44. The summed E-state index contributed by atoms with van der Waals surface area (Å²) in [5.41, 5.74) is 6.67. The van der Waals surface area contributed by atoms with Gasteiger partial charge in [-0.05, 0) is 56.1 Å². The number of nitrogens with zero attached hydrogens (tertiary/aromatic N) is 1. The molecule has 4 nitrogen and oxygen atoms in total. The SMILES string of the molecule is CC(=O)N1CCCC(N)C1COC1CCC(c2cccc(F)c2F)CC1. The van der Waals surface area contributed by atoms with Crippen LogP contribution < -0.4 is 5.73 Å². The zero-order valence-corrected chi connectivity index (χ0v) is 15.3. The fraction of sp³-hybridized carbons (Fsp3) is 0.650. The number of hydrogen-bond donors (Lipinski definition) is 1. The van der Waals surface area contributed by atoms with Crippen LogP contribution in [0.2, 0.25) is 0 Å². The van der Waals surface area contributed by atoms with E-state index < -0.39 is 11.6 Å². The molecule has 3 rings (SSSR count). The molecule has 2 N–H and O–H groups in total. The maximum atomic E-state index is 14.0. The number of rotatable bonds is 4. The number of piperidine rings is 1. The lowest BCUT2D eigenvalue weighted by Gasteiger charge is -2.40. The van der Waals surface area contributed by atoms with Gasteiger partial charge in [-0.3, -0.25) is 4.79 Å². The van der Waals surface area contributed by atoms with Crippen molar-refractivity contribution in [1.29, 1.82) is 0 Å². The van der Waals surface area contributed by atoms with E-state index >= 15 is 0 Å². The topological polar surface area (TPSA) is 55.6 Å². The predicted octanol–water partition coefficient (Wildman–Crippen LogP) is 3.35. The highest BCUT2D eigenvalue weighted by molar-refractivity contribution is 5.73. The predicted molar refractivity (Wildman–Crippen MR) is 95.7 cm³/mol. The van der Waals surface area contributed by atoms with Gasteiger partial charge in [0, 0.05) is 19.5 Å².